The van der Waals surface area contributed by atoms with Crippen LogP contribution in [0.1, 0.15) is 16.8 Å². The zero-order chi connectivity index (χ0) is 16.8. The molecule has 24 heavy (non-hydrogen) atoms. The molecule has 0 saturated carbocycles. The summed E-state index contributed by atoms with van der Waals surface area (Å²) in [5, 5.41) is 11.1. The molecule has 0 spiro atoms. The molecular weight excluding hydrogens is 304 g/mol. The highest BCUT2D eigenvalue weighted by Crippen LogP contribution is 2.13. The van der Waals surface area contributed by atoms with Gasteiger partial charge in [0, 0.05) is 19.2 Å². The molecule has 0 aliphatic heterocycles. The van der Waals surface area contributed by atoms with E-state index in [0.717, 1.165) is 16.8 Å². The number of ether oxygens (including phenoxy) is 1. The largest absolute Gasteiger partial charge is 0.380 e. The van der Waals surface area contributed by atoms with Crippen LogP contribution in [0.25, 0.3) is 0 Å². The van der Waals surface area contributed by atoms with Gasteiger partial charge in [-0.05, 0) is 23.3 Å². The molecule has 6 heteroatoms. The summed E-state index contributed by atoms with van der Waals surface area (Å²) in [6, 6.07) is 17.4. The van der Waals surface area contributed by atoms with E-state index in [1.165, 1.54) is 0 Å². The minimum absolute atomic E-state index is 0.243. The van der Waals surface area contributed by atoms with Gasteiger partial charge in [0.15, 0.2) is 0 Å². The van der Waals surface area contributed by atoms with Crippen LogP contribution in [0.5, 0.6) is 0 Å². The number of rotatable bonds is 6. The van der Waals surface area contributed by atoms with Gasteiger partial charge in [-0.15, -0.1) is 10.2 Å². The summed E-state index contributed by atoms with van der Waals surface area (Å²) in [5.74, 6) is 0.316. The van der Waals surface area contributed by atoms with E-state index in [2.05, 4.69) is 20.5 Å². The molecule has 0 fully saturated rings. The Hall–Kier alpha value is -2.99. The third kappa shape index (κ3) is 4.05. The first-order chi connectivity index (χ1) is 11.7. The summed E-state index contributed by atoms with van der Waals surface area (Å²) < 4.78 is 5.07. The smallest absolute Gasteiger partial charge is 0.274 e. The van der Waals surface area contributed by atoms with Gasteiger partial charge in [-0.2, -0.15) is 0 Å². The first-order valence-corrected chi connectivity index (χ1v) is 7.59. The number of H-pyrrole nitrogens is 1. The molecule has 0 unspecified atom stereocenters. The lowest BCUT2D eigenvalue weighted by Crippen LogP contribution is -2.18. The van der Waals surface area contributed by atoms with Crippen molar-refractivity contribution in [3.05, 3.63) is 81.8 Å². The van der Waals surface area contributed by atoms with Gasteiger partial charge < -0.3 is 10.1 Å². The molecule has 2 aromatic carbocycles. The van der Waals surface area contributed by atoms with Gasteiger partial charge in [0.25, 0.3) is 5.56 Å². The normalized spacial score (nSPS) is 10.5. The van der Waals surface area contributed by atoms with Crippen molar-refractivity contribution in [2.75, 3.05) is 12.4 Å². The van der Waals surface area contributed by atoms with Crippen molar-refractivity contribution in [1.82, 2.24) is 15.2 Å². The number of aromatic amines is 1. The quantitative estimate of drug-likeness (QED) is 0.729. The van der Waals surface area contributed by atoms with Crippen LogP contribution in [0, 0.1) is 0 Å². The molecule has 6 nitrogen and oxygen atoms in total. The molecule has 122 valence electrons. The van der Waals surface area contributed by atoms with Crippen molar-refractivity contribution in [2.24, 2.45) is 0 Å². The van der Waals surface area contributed by atoms with Gasteiger partial charge in [0.1, 0.15) is 5.69 Å². The molecule has 2 N–H and O–H groups in total. The van der Waals surface area contributed by atoms with Gasteiger partial charge in [-0.25, -0.2) is 0 Å². The Morgan fingerprint density at radius 1 is 1.00 bits per heavy atom. The summed E-state index contributed by atoms with van der Waals surface area (Å²) in [5.41, 5.74) is 3.05. The van der Waals surface area contributed by atoms with Crippen LogP contribution in [0.2, 0.25) is 0 Å². The van der Waals surface area contributed by atoms with Gasteiger partial charge in [-0.1, -0.05) is 42.5 Å². The van der Waals surface area contributed by atoms with Gasteiger partial charge in [0.2, 0.25) is 5.95 Å². The van der Waals surface area contributed by atoms with Crippen molar-refractivity contribution < 1.29 is 4.74 Å². The molecule has 0 radical (unpaired) electrons. The maximum Gasteiger partial charge on any atom is 0.274 e. The highest BCUT2D eigenvalue weighted by atomic mass is 16.5. The van der Waals surface area contributed by atoms with Crippen LogP contribution < -0.4 is 10.9 Å². The lowest BCUT2D eigenvalue weighted by molar-refractivity contribution is 0.185. The predicted octanol–water partition coefficient (Wildman–Crippen LogP) is 2.65. The Morgan fingerprint density at radius 2 is 1.75 bits per heavy atom. The average molecular weight is 322 g/mol. The zero-order valence-electron chi connectivity index (χ0n) is 13.3. The van der Waals surface area contributed by atoms with Crippen molar-refractivity contribution in [3.63, 3.8) is 0 Å². The predicted molar refractivity (Wildman–Crippen MR) is 92.3 cm³/mol. The monoisotopic (exact) mass is 322 g/mol. The molecule has 1 heterocycles. The molecule has 0 bridgehead atoms. The lowest BCUT2D eigenvalue weighted by atomic mass is 10.1. The molecule has 0 saturated heterocycles. The summed E-state index contributed by atoms with van der Waals surface area (Å²) in [6.07, 6.45) is 0.454. The fourth-order valence-corrected chi connectivity index (χ4v) is 2.31. The van der Waals surface area contributed by atoms with Crippen molar-refractivity contribution >= 4 is 11.6 Å². The Balaban J connectivity index is 1.71. The standard InChI is InChI=1S/C18H18N4O2/c1-24-12-14-7-9-15(10-8-14)19-18-20-17(23)16(21-22-18)11-13-5-3-2-4-6-13/h2-10H,11-12H2,1H3,(H2,19,20,22,23). The SMILES string of the molecule is COCc1ccc(Nc2nnc(Cc3ccccc3)c(=O)[nH]2)cc1. The van der Waals surface area contributed by atoms with E-state index in [1.54, 1.807) is 7.11 Å². The summed E-state index contributed by atoms with van der Waals surface area (Å²) in [6.45, 7) is 0.561. The van der Waals surface area contributed by atoms with Gasteiger partial charge >= 0.3 is 0 Å². The van der Waals surface area contributed by atoms with E-state index in [9.17, 15) is 4.79 Å². The van der Waals surface area contributed by atoms with E-state index in [1.807, 2.05) is 54.6 Å². The van der Waals surface area contributed by atoms with Crippen LogP contribution in [-0.4, -0.2) is 22.3 Å². The van der Waals surface area contributed by atoms with Crippen LogP contribution in [-0.2, 0) is 17.8 Å². The van der Waals surface area contributed by atoms with Crippen molar-refractivity contribution in [1.29, 1.82) is 0 Å². The van der Waals surface area contributed by atoms with Crippen molar-refractivity contribution in [2.45, 2.75) is 13.0 Å². The number of anilines is 2. The first-order valence-electron chi connectivity index (χ1n) is 7.59. The highest BCUT2D eigenvalue weighted by Gasteiger charge is 2.06. The van der Waals surface area contributed by atoms with Crippen LogP contribution >= 0.6 is 0 Å². The summed E-state index contributed by atoms with van der Waals surface area (Å²) >= 11 is 0. The van der Waals surface area contributed by atoms with Gasteiger partial charge in [0.05, 0.1) is 6.61 Å². The fraction of sp³-hybridized carbons (Fsp3) is 0.167. The molecular formula is C18H18N4O2. The Bertz CT molecular complexity index is 845. The van der Waals surface area contributed by atoms with Gasteiger partial charge in [-0.3, -0.25) is 9.78 Å². The Morgan fingerprint density at radius 3 is 2.42 bits per heavy atom. The van der Waals surface area contributed by atoms with Crippen LogP contribution in [0.4, 0.5) is 11.6 Å². The van der Waals surface area contributed by atoms with E-state index in [-0.39, 0.29) is 5.56 Å². The minimum atomic E-state index is -0.243. The van der Waals surface area contributed by atoms with E-state index in [4.69, 9.17) is 4.74 Å². The minimum Gasteiger partial charge on any atom is -0.380 e. The molecule has 3 aromatic rings. The average Bonchev–Trinajstić information content (AvgIpc) is 2.60. The lowest BCUT2D eigenvalue weighted by Gasteiger charge is -2.06. The number of nitrogens with zero attached hydrogens (tertiary/aromatic N) is 2. The highest BCUT2D eigenvalue weighted by molar-refractivity contribution is 5.53. The van der Waals surface area contributed by atoms with Crippen LogP contribution in [0.15, 0.2) is 59.4 Å². The van der Waals surface area contributed by atoms with Crippen molar-refractivity contribution in [3.8, 4) is 0 Å². The second-order valence-electron chi connectivity index (χ2n) is 5.37. The first kappa shape index (κ1) is 15.9. The number of aromatic nitrogens is 3. The molecule has 0 aliphatic carbocycles. The summed E-state index contributed by atoms with van der Waals surface area (Å²) in [4.78, 5) is 14.9. The number of nitrogens with one attached hydrogen (secondary N) is 2. The number of hydrogen-bond acceptors (Lipinski definition) is 5. The molecule has 1 aromatic heterocycles. The third-order valence-electron chi connectivity index (χ3n) is 3.51. The van der Waals surface area contributed by atoms with E-state index < -0.39 is 0 Å². The molecule has 0 aliphatic rings. The van der Waals surface area contributed by atoms with E-state index in [0.29, 0.717) is 24.7 Å². The topological polar surface area (TPSA) is 79.9 Å². The maximum absolute atomic E-state index is 12.2. The molecule has 0 atom stereocenters. The van der Waals surface area contributed by atoms with Crippen LogP contribution in [0.3, 0.4) is 0 Å². The second kappa shape index (κ2) is 7.52. The summed E-state index contributed by atoms with van der Waals surface area (Å²) in [7, 11) is 1.66. The zero-order valence-corrected chi connectivity index (χ0v) is 13.3. The molecule has 3 rings (SSSR count). The maximum atomic E-state index is 12.2. The Kier molecular flexibility index (Phi) is 4.98. The van der Waals surface area contributed by atoms with E-state index >= 15 is 0 Å². The second-order valence-corrected chi connectivity index (χ2v) is 5.37. The fourth-order valence-electron chi connectivity index (χ4n) is 2.31. The Labute approximate surface area is 139 Å². The number of benzene rings is 2. The molecule has 0 amide bonds. The number of methoxy groups -OCH3 is 1. The number of hydrogen-bond donors (Lipinski definition) is 2. The third-order valence-corrected chi connectivity index (χ3v) is 3.51.